The van der Waals surface area contributed by atoms with Gasteiger partial charge in [-0.15, -0.1) is 5.10 Å². The molecule has 0 radical (unpaired) electrons. The predicted molar refractivity (Wildman–Crippen MR) is 85.9 cm³/mol. The first-order chi connectivity index (χ1) is 10.1. The van der Waals surface area contributed by atoms with Crippen LogP contribution >= 0.6 is 27.5 Å². The number of nitrogen functional groups attached to an aromatic ring is 1. The number of nitrogens with two attached hydrogens (primary N) is 1. The molecule has 1 aromatic heterocycles. The molecule has 0 aliphatic rings. The van der Waals surface area contributed by atoms with Crippen molar-refractivity contribution in [3.8, 4) is 11.4 Å². The van der Waals surface area contributed by atoms with Gasteiger partial charge in [0, 0.05) is 15.7 Å². The van der Waals surface area contributed by atoms with E-state index in [1.165, 1.54) is 0 Å². The number of rotatable bonds is 3. The Morgan fingerprint density at radius 3 is 2.62 bits per heavy atom. The normalized spacial score (nSPS) is 10.8. The summed E-state index contributed by atoms with van der Waals surface area (Å²) < 4.78 is 2.74. The lowest BCUT2D eigenvalue weighted by Crippen LogP contribution is -2.04. The number of benzene rings is 2. The first kappa shape index (κ1) is 14.0. The lowest BCUT2D eigenvalue weighted by molar-refractivity contribution is 0.653. The fourth-order valence-electron chi connectivity index (χ4n) is 1.98. The Labute approximate surface area is 134 Å². The highest BCUT2D eigenvalue weighted by atomic mass is 79.9. The quantitative estimate of drug-likeness (QED) is 0.723. The van der Waals surface area contributed by atoms with Gasteiger partial charge in [-0.25, -0.2) is 4.68 Å². The molecule has 3 aromatic rings. The number of hydrogen-bond donors (Lipinski definition) is 1. The minimum absolute atomic E-state index is 0.529. The lowest BCUT2D eigenvalue weighted by atomic mass is 10.2. The molecule has 0 aliphatic heterocycles. The van der Waals surface area contributed by atoms with Crippen molar-refractivity contribution in [1.82, 2.24) is 20.2 Å². The monoisotopic (exact) mass is 363 g/mol. The van der Waals surface area contributed by atoms with Crippen molar-refractivity contribution >= 4 is 33.2 Å². The van der Waals surface area contributed by atoms with Gasteiger partial charge in [-0.1, -0.05) is 39.7 Å². The number of tetrazole rings is 1. The molecule has 0 amide bonds. The Morgan fingerprint density at radius 1 is 1.14 bits per heavy atom. The third-order valence-corrected chi connectivity index (χ3v) is 3.85. The van der Waals surface area contributed by atoms with E-state index in [2.05, 4.69) is 31.5 Å². The molecule has 7 heteroatoms. The van der Waals surface area contributed by atoms with E-state index in [-0.39, 0.29) is 0 Å². The van der Waals surface area contributed by atoms with Crippen LogP contribution < -0.4 is 5.73 Å². The minimum Gasteiger partial charge on any atom is -0.399 e. The van der Waals surface area contributed by atoms with Gasteiger partial charge < -0.3 is 5.73 Å². The van der Waals surface area contributed by atoms with E-state index >= 15 is 0 Å². The second kappa shape index (κ2) is 5.83. The van der Waals surface area contributed by atoms with Gasteiger partial charge in [-0.2, -0.15) is 0 Å². The molecule has 0 saturated heterocycles. The lowest BCUT2D eigenvalue weighted by Gasteiger charge is -2.07. The van der Waals surface area contributed by atoms with E-state index in [1.807, 2.05) is 30.3 Å². The van der Waals surface area contributed by atoms with Crippen molar-refractivity contribution in [2.45, 2.75) is 6.54 Å². The first-order valence-corrected chi connectivity index (χ1v) is 7.36. The molecule has 2 N–H and O–H groups in total. The zero-order valence-corrected chi connectivity index (χ0v) is 13.2. The fraction of sp³-hybridized carbons (Fsp3) is 0.0714. The molecular weight excluding hydrogens is 354 g/mol. The SMILES string of the molecule is Nc1ccc(-c2nnnn2Cc2ccc(Br)cc2)c(Cl)c1. The van der Waals surface area contributed by atoms with E-state index in [0.717, 1.165) is 15.6 Å². The molecule has 0 fully saturated rings. The average Bonchev–Trinajstić information content (AvgIpc) is 2.89. The third-order valence-electron chi connectivity index (χ3n) is 3.01. The first-order valence-electron chi connectivity index (χ1n) is 6.19. The molecule has 2 aromatic carbocycles. The number of anilines is 1. The molecule has 0 bridgehead atoms. The molecule has 1 heterocycles. The summed E-state index contributed by atoms with van der Waals surface area (Å²) in [6, 6.07) is 13.3. The summed E-state index contributed by atoms with van der Waals surface area (Å²) in [4.78, 5) is 0. The van der Waals surface area contributed by atoms with Crippen LogP contribution in [-0.2, 0) is 6.54 Å². The molecule has 0 atom stereocenters. The molecule has 0 unspecified atom stereocenters. The van der Waals surface area contributed by atoms with Gasteiger partial charge in [0.2, 0.25) is 0 Å². The summed E-state index contributed by atoms with van der Waals surface area (Å²) in [6.07, 6.45) is 0. The van der Waals surface area contributed by atoms with Gasteiger partial charge in [-0.05, 0) is 46.3 Å². The Balaban J connectivity index is 1.95. The summed E-state index contributed by atoms with van der Waals surface area (Å²) in [6.45, 7) is 0.566. The van der Waals surface area contributed by atoms with Crippen LogP contribution in [0, 0.1) is 0 Å². The zero-order chi connectivity index (χ0) is 14.8. The number of nitrogens with zero attached hydrogens (tertiary/aromatic N) is 4. The van der Waals surface area contributed by atoms with Crippen molar-refractivity contribution in [2.24, 2.45) is 0 Å². The molecule has 0 aliphatic carbocycles. The van der Waals surface area contributed by atoms with Crippen molar-refractivity contribution in [2.75, 3.05) is 5.73 Å². The highest BCUT2D eigenvalue weighted by Gasteiger charge is 2.13. The smallest absolute Gasteiger partial charge is 0.183 e. The van der Waals surface area contributed by atoms with Gasteiger partial charge in [0.05, 0.1) is 11.6 Å². The Hall–Kier alpha value is -1.92. The van der Waals surface area contributed by atoms with Crippen molar-refractivity contribution < 1.29 is 0 Å². The van der Waals surface area contributed by atoms with Crippen LogP contribution in [0.5, 0.6) is 0 Å². The number of aromatic nitrogens is 4. The maximum absolute atomic E-state index is 6.22. The maximum Gasteiger partial charge on any atom is 0.183 e. The predicted octanol–water partition coefficient (Wildman–Crippen LogP) is 3.39. The van der Waals surface area contributed by atoms with Crippen molar-refractivity contribution in [1.29, 1.82) is 0 Å². The summed E-state index contributed by atoms with van der Waals surface area (Å²) in [7, 11) is 0. The van der Waals surface area contributed by atoms with E-state index in [9.17, 15) is 0 Å². The van der Waals surface area contributed by atoms with Crippen molar-refractivity contribution in [3.05, 3.63) is 57.5 Å². The van der Waals surface area contributed by atoms with E-state index in [4.69, 9.17) is 17.3 Å². The summed E-state index contributed by atoms with van der Waals surface area (Å²) in [5, 5.41) is 12.4. The molecule has 3 rings (SSSR count). The Bertz CT molecular complexity index is 769. The number of hydrogen-bond acceptors (Lipinski definition) is 4. The van der Waals surface area contributed by atoms with E-state index < -0.39 is 0 Å². The molecular formula is C14H11BrClN5. The average molecular weight is 365 g/mol. The largest absolute Gasteiger partial charge is 0.399 e. The van der Waals surface area contributed by atoms with E-state index in [0.29, 0.717) is 23.1 Å². The molecule has 5 nitrogen and oxygen atoms in total. The topological polar surface area (TPSA) is 69.6 Å². The fourth-order valence-corrected chi connectivity index (χ4v) is 2.52. The van der Waals surface area contributed by atoms with Gasteiger partial charge in [0.15, 0.2) is 5.82 Å². The highest BCUT2D eigenvalue weighted by Crippen LogP contribution is 2.28. The van der Waals surface area contributed by atoms with Crippen LogP contribution in [0.25, 0.3) is 11.4 Å². The zero-order valence-electron chi connectivity index (χ0n) is 10.9. The Kier molecular flexibility index (Phi) is 3.90. The van der Waals surface area contributed by atoms with Crippen LogP contribution in [0.1, 0.15) is 5.56 Å². The summed E-state index contributed by atoms with van der Waals surface area (Å²) >= 11 is 9.64. The molecule has 106 valence electrons. The molecule has 0 saturated carbocycles. The Morgan fingerprint density at radius 2 is 1.90 bits per heavy atom. The molecule has 21 heavy (non-hydrogen) atoms. The standard InChI is InChI=1S/C14H11BrClN5/c15-10-3-1-9(2-4-10)8-21-14(18-19-20-21)12-6-5-11(17)7-13(12)16/h1-7H,8,17H2. The minimum atomic E-state index is 0.529. The van der Waals surface area contributed by atoms with Gasteiger partial charge in [-0.3, -0.25) is 0 Å². The van der Waals surface area contributed by atoms with Crippen molar-refractivity contribution in [3.63, 3.8) is 0 Å². The third kappa shape index (κ3) is 3.06. The molecule has 0 spiro atoms. The second-order valence-corrected chi connectivity index (χ2v) is 5.85. The summed E-state index contributed by atoms with van der Waals surface area (Å²) in [5.41, 5.74) is 8.17. The maximum atomic E-state index is 6.22. The van der Waals surface area contributed by atoms with Gasteiger partial charge in [0.1, 0.15) is 0 Å². The highest BCUT2D eigenvalue weighted by molar-refractivity contribution is 9.10. The van der Waals surface area contributed by atoms with Gasteiger partial charge in [0.25, 0.3) is 0 Å². The van der Waals surface area contributed by atoms with Gasteiger partial charge >= 0.3 is 0 Å². The van der Waals surface area contributed by atoms with Crippen LogP contribution in [0.3, 0.4) is 0 Å². The number of halogens is 2. The van der Waals surface area contributed by atoms with E-state index in [1.54, 1.807) is 16.8 Å². The summed E-state index contributed by atoms with van der Waals surface area (Å²) in [5.74, 6) is 0.614. The van der Waals surface area contributed by atoms with Crippen LogP contribution in [0.15, 0.2) is 46.9 Å². The second-order valence-electron chi connectivity index (χ2n) is 4.53. The van der Waals surface area contributed by atoms with Crippen LogP contribution in [-0.4, -0.2) is 20.2 Å². The van der Waals surface area contributed by atoms with Crippen LogP contribution in [0.2, 0.25) is 5.02 Å². The van der Waals surface area contributed by atoms with Crippen LogP contribution in [0.4, 0.5) is 5.69 Å².